The second-order valence-electron chi connectivity index (χ2n) is 5.30. The van der Waals surface area contributed by atoms with Crippen molar-refractivity contribution in [1.82, 2.24) is 19.7 Å². The molecular weight excluding hydrogens is 256 g/mol. The fourth-order valence-electron chi connectivity index (χ4n) is 1.88. The van der Waals surface area contributed by atoms with Crippen LogP contribution in [0.4, 0.5) is 0 Å². The lowest BCUT2D eigenvalue weighted by atomic mass is 10.2. The summed E-state index contributed by atoms with van der Waals surface area (Å²) in [7, 11) is 1.68. The topological polar surface area (TPSA) is 93.1 Å². The van der Waals surface area contributed by atoms with Crippen LogP contribution in [0.1, 0.15) is 26.1 Å². The number of ether oxygens (including phenoxy) is 1. The molecule has 1 rings (SSSR count). The Morgan fingerprint density at radius 3 is 2.85 bits per heavy atom. The molecule has 114 valence electrons. The predicted molar refractivity (Wildman–Crippen MR) is 78.5 cm³/mol. The third-order valence-corrected chi connectivity index (χ3v) is 2.91. The van der Waals surface area contributed by atoms with Gasteiger partial charge in [0.2, 0.25) is 0 Å². The number of nitrogens with one attached hydrogen (secondary N) is 1. The zero-order valence-electron chi connectivity index (χ0n) is 12.7. The molecule has 0 aliphatic heterocycles. The van der Waals surface area contributed by atoms with E-state index in [1.165, 1.54) is 0 Å². The number of methoxy groups -OCH3 is 1. The molecule has 7 nitrogen and oxygen atoms in total. The Morgan fingerprint density at radius 1 is 1.50 bits per heavy atom. The average Bonchev–Trinajstić information content (AvgIpc) is 2.79. The van der Waals surface area contributed by atoms with Crippen LogP contribution in [0.2, 0.25) is 0 Å². The van der Waals surface area contributed by atoms with Crippen LogP contribution in [-0.4, -0.2) is 52.3 Å². The molecule has 0 bridgehead atoms. The van der Waals surface area contributed by atoms with Gasteiger partial charge in [-0.05, 0) is 5.92 Å². The number of nitrogens with zero attached hydrogens (tertiary/aromatic N) is 4. The molecule has 1 aromatic rings. The van der Waals surface area contributed by atoms with Crippen LogP contribution in [0.15, 0.2) is 6.33 Å². The Bertz CT molecular complexity index is 403. The van der Waals surface area contributed by atoms with Crippen molar-refractivity contribution in [2.45, 2.75) is 33.4 Å². The summed E-state index contributed by atoms with van der Waals surface area (Å²) in [5, 5.41) is 11.6. The van der Waals surface area contributed by atoms with Gasteiger partial charge in [-0.3, -0.25) is 10.3 Å². The summed E-state index contributed by atoms with van der Waals surface area (Å²) in [5.41, 5.74) is 5.43. The Labute approximate surface area is 120 Å². The van der Waals surface area contributed by atoms with Gasteiger partial charge in [0.1, 0.15) is 12.2 Å². The minimum atomic E-state index is 0.205. The Balaban J connectivity index is 2.62. The molecule has 0 aliphatic carbocycles. The summed E-state index contributed by atoms with van der Waals surface area (Å²) in [6.07, 6.45) is 2.15. The fourth-order valence-corrected chi connectivity index (χ4v) is 1.88. The first kappa shape index (κ1) is 16.6. The monoisotopic (exact) mass is 282 g/mol. The van der Waals surface area contributed by atoms with Crippen LogP contribution in [0.5, 0.6) is 0 Å². The molecule has 0 radical (unpaired) electrons. The number of hydrogen-bond acceptors (Lipinski definition) is 5. The van der Waals surface area contributed by atoms with E-state index in [1.54, 1.807) is 13.4 Å². The molecule has 0 spiro atoms. The van der Waals surface area contributed by atoms with E-state index in [2.05, 4.69) is 28.8 Å². The third-order valence-electron chi connectivity index (χ3n) is 2.91. The largest absolute Gasteiger partial charge is 0.388 e. The maximum atomic E-state index is 7.34. The Kier molecular flexibility index (Phi) is 7.17. The molecule has 1 heterocycles. The number of rotatable bonds is 10. The van der Waals surface area contributed by atoms with Gasteiger partial charge >= 0.3 is 0 Å². The summed E-state index contributed by atoms with van der Waals surface area (Å²) < 4.78 is 7.07. The quantitative estimate of drug-likeness (QED) is 0.487. The van der Waals surface area contributed by atoms with E-state index >= 15 is 0 Å². The zero-order chi connectivity index (χ0) is 15.0. The molecule has 0 aromatic carbocycles. The van der Waals surface area contributed by atoms with Crippen LogP contribution in [0, 0.1) is 11.3 Å². The molecule has 3 N–H and O–H groups in total. The predicted octanol–water partition coefficient (Wildman–Crippen LogP) is 0.709. The summed E-state index contributed by atoms with van der Waals surface area (Å²) in [6.45, 7) is 8.04. The molecule has 1 aromatic heterocycles. The average molecular weight is 282 g/mol. The first-order chi connectivity index (χ1) is 9.52. The molecular formula is C13H26N6O. The number of amidine groups is 1. The summed E-state index contributed by atoms with van der Waals surface area (Å²) >= 11 is 0. The molecule has 7 heteroatoms. The van der Waals surface area contributed by atoms with Crippen molar-refractivity contribution in [1.29, 1.82) is 5.41 Å². The van der Waals surface area contributed by atoms with Gasteiger partial charge in [-0.1, -0.05) is 13.8 Å². The summed E-state index contributed by atoms with van der Waals surface area (Å²) in [5.74, 6) is 1.68. The second kappa shape index (κ2) is 8.65. The van der Waals surface area contributed by atoms with Gasteiger partial charge < -0.3 is 10.5 Å². The Morgan fingerprint density at radius 2 is 2.25 bits per heavy atom. The van der Waals surface area contributed by atoms with Crippen molar-refractivity contribution >= 4 is 5.84 Å². The van der Waals surface area contributed by atoms with E-state index in [-0.39, 0.29) is 5.84 Å². The zero-order valence-corrected chi connectivity index (χ0v) is 12.7. The van der Waals surface area contributed by atoms with Crippen molar-refractivity contribution in [2.75, 3.05) is 26.8 Å². The minimum Gasteiger partial charge on any atom is -0.388 e. The lowest BCUT2D eigenvalue weighted by Crippen LogP contribution is -2.32. The van der Waals surface area contributed by atoms with Gasteiger partial charge in [0, 0.05) is 33.2 Å². The number of nitrogens with two attached hydrogens (primary N) is 1. The first-order valence-corrected chi connectivity index (χ1v) is 6.93. The van der Waals surface area contributed by atoms with Gasteiger partial charge in [0.15, 0.2) is 0 Å². The van der Waals surface area contributed by atoms with Crippen molar-refractivity contribution in [3.8, 4) is 0 Å². The maximum absolute atomic E-state index is 7.34. The van der Waals surface area contributed by atoms with Gasteiger partial charge in [-0.25, -0.2) is 9.67 Å². The molecule has 0 fully saturated rings. The van der Waals surface area contributed by atoms with Crippen molar-refractivity contribution in [2.24, 2.45) is 11.7 Å². The standard InChI is InChI=1S/C13H26N6O/c1-11(2)8-19-13(16-10-17-19)9-18(6-7-20-3)5-4-12(14)15/h10-11H,4-9H2,1-3H3,(H3,14,15). The SMILES string of the molecule is COCCN(CCC(=N)N)Cc1ncnn1CC(C)C. The Hall–Kier alpha value is -1.47. The summed E-state index contributed by atoms with van der Waals surface area (Å²) in [6, 6.07) is 0. The highest BCUT2D eigenvalue weighted by Gasteiger charge is 2.12. The molecule has 20 heavy (non-hydrogen) atoms. The first-order valence-electron chi connectivity index (χ1n) is 6.93. The maximum Gasteiger partial charge on any atom is 0.141 e. The molecule has 0 saturated heterocycles. The van der Waals surface area contributed by atoms with E-state index in [9.17, 15) is 0 Å². The van der Waals surface area contributed by atoms with Gasteiger partial charge in [0.05, 0.1) is 19.0 Å². The van der Waals surface area contributed by atoms with E-state index in [0.717, 1.165) is 25.5 Å². The van der Waals surface area contributed by atoms with Crippen LogP contribution in [0.25, 0.3) is 0 Å². The lowest BCUT2D eigenvalue weighted by Gasteiger charge is -2.21. The van der Waals surface area contributed by atoms with E-state index in [0.29, 0.717) is 25.5 Å². The molecule has 0 atom stereocenters. The third kappa shape index (κ3) is 6.12. The smallest absolute Gasteiger partial charge is 0.141 e. The van der Waals surface area contributed by atoms with Crippen molar-refractivity contribution in [3.05, 3.63) is 12.2 Å². The second-order valence-corrected chi connectivity index (χ2v) is 5.30. The van der Waals surface area contributed by atoms with E-state index in [1.807, 2.05) is 4.68 Å². The highest BCUT2D eigenvalue weighted by molar-refractivity contribution is 5.76. The minimum absolute atomic E-state index is 0.205. The van der Waals surface area contributed by atoms with Crippen molar-refractivity contribution < 1.29 is 4.74 Å². The molecule has 0 unspecified atom stereocenters. The van der Waals surface area contributed by atoms with Crippen LogP contribution >= 0.6 is 0 Å². The van der Waals surface area contributed by atoms with Gasteiger partial charge in [-0.2, -0.15) is 5.10 Å². The summed E-state index contributed by atoms with van der Waals surface area (Å²) in [4.78, 5) is 6.51. The van der Waals surface area contributed by atoms with Crippen LogP contribution in [0.3, 0.4) is 0 Å². The molecule has 0 aliphatic rings. The highest BCUT2D eigenvalue weighted by Crippen LogP contribution is 2.05. The molecule has 0 saturated carbocycles. The fraction of sp³-hybridized carbons (Fsp3) is 0.769. The van der Waals surface area contributed by atoms with Crippen LogP contribution in [-0.2, 0) is 17.8 Å². The molecule has 0 amide bonds. The highest BCUT2D eigenvalue weighted by atomic mass is 16.5. The number of aromatic nitrogens is 3. The van der Waals surface area contributed by atoms with Crippen LogP contribution < -0.4 is 5.73 Å². The lowest BCUT2D eigenvalue weighted by molar-refractivity contribution is 0.143. The van der Waals surface area contributed by atoms with Gasteiger partial charge in [0.25, 0.3) is 0 Å². The van der Waals surface area contributed by atoms with E-state index in [4.69, 9.17) is 15.9 Å². The van der Waals surface area contributed by atoms with E-state index < -0.39 is 0 Å². The number of hydrogen-bond donors (Lipinski definition) is 2. The van der Waals surface area contributed by atoms with Gasteiger partial charge in [-0.15, -0.1) is 0 Å². The normalized spacial score (nSPS) is 11.4. The van der Waals surface area contributed by atoms with Crippen molar-refractivity contribution in [3.63, 3.8) is 0 Å².